The molecule has 0 N–H and O–H groups in total. The fraction of sp³-hybridized carbons (Fsp3) is 0.524. The second-order valence-electron chi connectivity index (χ2n) is 8.38. The summed E-state index contributed by atoms with van der Waals surface area (Å²) in [5.41, 5.74) is -0.121. The molecule has 162 valence electrons. The van der Waals surface area contributed by atoms with Crippen LogP contribution in [0.25, 0.3) is 0 Å². The van der Waals surface area contributed by atoms with Crippen LogP contribution in [0.15, 0.2) is 24.3 Å². The Labute approximate surface area is 175 Å². The van der Waals surface area contributed by atoms with Gasteiger partial charge in [0.25, 0.3) is 5.91 Å². The molecule has 9 nitrogen and oxygen atoms in total. The maximum atomic E-state index is 13.0. The van der Waals surface area contributed by atoms with Crippen molar-refractivity contribution in [2.24, 2.45) is 0 Å². The number of rotatable bonds is 3. The minimum Gasteiger partial charge on any atom is -0.444 e. The number of nitrogens with zero attached hydrogens (tertiary/aromatic N) is 3. The average molecular weight is 417 g/mol. The van der Waals surface area contributed by atoms with Crippen molar-refractivity contribution in [3.05, 3.63) is 24.3 Å². The Morgan fingerprint density at radius 1 is 1.00 bits per heavy atom. The van der Waals surface area contributed by atoms with Gasteiger partial charge in [-0.1, -0.05) is 0 Å². The van der Waals surface area contributed by atoms with Crippen molar-refractivity contribution in [1.29, 1.82) is 0 Å². The highest BCUT2D eigenvalue weighted by atomic mass is 16.6. The van der Waals surface area contributed by atoms with Crippen LogP contribution in [0, 0.1) is 0 Å². The topological polar surface area (TPSA) is 96.5 Å². The number of amides is 3. The number of anilines is 1. The van der Waals surface area contributed by atoms with E-state index in [1.165, 1.54) is 11.8 Å². The molecule has 2 saturated heterocycles. The van der Waals surface area contributed by atoms with Gasteiger partial charge in [-0.05, 0) is 45.0 Å². The van der Waals surface area contributed by atoms with Gasteiger partial charge in [0.05, 0.1) is 18.2 Å². The number of carbonyl (C=O) groups is 4. The first kappa shape index (κ1) is 21.8. The van der Waals surface area contributed by atoms with Gasteiger partial charge in [0.2, 0.25) is 5.91 Å². The van der Waals surface area contributed by atoms with E-state index in [4.69, 9.17) is 9.47 Å². The van der Waals surface area contributed by atoms with Gasteiger partial charge in [-0.3, -0.25) is 19.3 Å². The molecule has 0 spiro atoms. The third kappa shape index (κ3) is 4.96. The summed E-state index contributed by atoms with van der Waals surface area (Å²) in [5, 5.41) is 0. The molecular formula is C21H27N3O6. The number of imide groups is 1. The summed E-state index contributed by atoms with van der Waals surface area (Å²) < 4.78 is 10.4. The second kappa shape index (κ2) is 8.43. The molecule has 0 aliphatic carbocycles. The normalized spacial score (nSPS) is 20.5. The predicted octanol–water partition coefficient (Wildman–Crippen LogP) is 1.80. The quantitative estimate of drug-likeness (QED) is 0.420. The summed E-state index contributed by atoms with van der Waals surface area (Å²) in [6, 6.07) is 5.70. The van der Waals surface area contributed by atoms with Gasteiger partial charge >= 0.3 is 12.1 Å². The SMILES string of the molecule is CC(=O)Oc1ccc(N2C(=O)C[C@@H](N3CCN(C(=O)OC(C)(C)C)CC3)C2=O)cc1. The van der Waals surface area contributed by atoms with E-state index >= 15 is 0 Å². The molecule has 30 heavy (non-hydrogen) atoms. The summed E-state index contributed by atoms with van der Waals surface area (Å²) in [5.74, 6) is -0.660. The number of hydrogen-bond acceptors (Lipinski definition) is 7. The summed E-state index contributed by atoms with van der Waals surface area (Å²) in [7, 11) is 0. The Balaban J connectivity index is 1.61. The zero-order valence-electron chi connectivity index (χ0n) is 17.7. The lowest BCUT2D eigenvalue weighted by Gasteiger charge is -2.37. The number of esters is 1. The van der Waals surface area contributed by atoms with E-state index in [1.54, 1.807) is 29.2 Å². The van der Waals surface area contributed by atoms with Crippen LogP contribution in [-0.4, -0.2) is 71.5 Å². The lowest BCUT2D eigenvalue weighted by Crippen LogP contribution is -2.54. The molecule has 0 aromatic heterocycles. The van der Waals surface area contributed by atoms with Crippen molar-refractivity contribution in [2.45, 2.75) is 45.8 Å². The van der Waals surface area contributed by atoms with Crippen LogP contribution in [0.5, 0.6) is 5.75 Å². The lowest BCUT2D eigenvalue weighted by atomic mass is 10.1. The molecule has 2 fully saturated rings. The van der Waals surface area contributed by atoms with Gasteiger partial charge in [0.15, 0.2) is 0 Å². The fourth-order valence-corrected chi connectivity index (χ4v) is 3.54. The molecule has 1 aromatic rings. The van der Waals surface area contributed by atoms with Crippen molar-refractivity contribution in [2.75, 3.05) is 31.1 Å². The summed E-state index contributed by atoms with van der Waals surface area (Å²) in [4.78, 5) is 53.5. The highest BCUT2D eigenvalue weighted by molar-refractivity contribution is 6.22. The maximum absolute atomic E-state index is 13.0. The molecule has 2 aliphatic rings. The molecule has 0 bridgehead atoms. The van der Waals surface area contributed by atoms with E-state index in [2.05, 4.69) is 0 Å². The standard InChI is InChI=1S/C21H27N3O6/c1-14(25)29-16-7-5-15(6-8-16)24-18(26)13-17(19(24)27)22-9-11-23(12-10-22)20(28)30-21(2,3)4/h5-8,17H,9-13H2,1-4H3/t17-/m1/s1. The molecule has 2 heterocycles. The first-order valence-corrected chi connectivity index (χ1v) is 9.92. The summed E-state index contributed by atoms with van der Waals surface area (Å²) in [6.07, 6.45) is -0.276. The van der Waals surface area contributed by atoms with E-state index in [0.717, 1.165) is 0 Å². The van der Waals surface area contributed by atoms with Gasteiger partial charge < -0.3 is 14.4 Å². The van der Waals surface area contributed by atoms with Crippen LogP contribution in [0.4, 0.5) is 10.5 Å². The number of carbonyl (C=O) groups excluding carboxylic acids is 4. The second-order valence-corrected chi connectivity index (χ2v) is 8.38. The van der Waals surface area contributed by atoms with E-state index < -0.39 is 17.6 Å². The van der Waals surface area contributed by atoms with E-state index in [9.17, 15) is 19.2 Å². The molecule has 3 amide bonds. The summed E-state index contributed by atoms with van der Waals surface area (Å²) in [6.45, 7) is 8.60. The monoisotopic (exact) mass is 417 g/mol. The van der Waals surface area contributed by atoms with Crippen LogP contribution < -0.4 is 9.64 Å². The highest BCUT2D eigenvalue weighted by Crippen LogP contribution is 2.28. The lowest BCUT2D eigenvalue weighted by molar-refractivity contribution is -0.132. The van der Waals surface area contributed by atoms with Crippen molar-refractivity contribution >= 4 is 29.6 Å². The van der Waals surface area contributed by atoms with E-state index in [-0.39, 0.29) is 24.3 Å². The zero-order chi connectivity index (χ0) is 22.1. The minimum absolute atomic E-state index is 0.0942. The van der Waals surface area contributed by atoms with Crippen molar-refractivity contribution < 1.29 is 28.7 Å². The van der Waals surface area contributed by atoms with Crippen molar-refractivity contribution in [3.63, 3.8) is 0 Å². The number of ether oxygens (including phenoxy) is 2. The molecule has 2 aliphatic heterocycles. The average Bonchev–Trinajstić information content (AvgIpc) is 2.95. The Morgan fingerprint density at radius 3 is 2.13 bits per heavy atom. The number of benzene rings is 1. The Hall–Kier alpha value is -2.94. The molecule has 9 heteroatoms. The van der Waals surface area contributed by atoms with Crippen molar-refractivity contribution in [3.8, 4) is 5.75 Å². The molecule has 1 aromatic carbocycles. The van der Waals surface area contributed by atoms with E-state index in [0.29, 0.717) is 37.6 Å². The largest absolute Gasteiger partial charge is 0.444 e. The predicted molar refractivity (Wildman–Crippen MR) is 108 cm³/mol. The van der Waals surface area contributed by atoms with Gasteiger partial charge in [-0.15, -0.1) is 0 Å². The Morgan fingerprint density at radius 2 is 1.60 bits per heavy atom. The smallest absolute Gasteiger partial charge is 0.410 e. The molecular weight excluding hydrogens is 390 g/mol. The van der Waals surface area contributed by atoms with Crippen LogP contribution in [0.2, 0.25) is 0 Å². The van der Waals surface area contributed by atoms with Crippen molar-refractivity contribution in [1.82, 2.24) is 9.80 Å². The first-order chi connectivity index (χ1) is 14.0. The van der Waals surface area contributed by atoms with Crippen LogP contribution in [0.1, 0.15) is 34.1 Å². The maximum Gasteiger partial charge on any atom is 0.410 e. The third-order valence-corrected chi connectivity index (χ3v) is 4.89. The van der Waals surface area contributed by atoms with Crippen LogP contribution in [0.3, 0.4) is 0 Å². The Bertz CT molecular complexity index is 837. The van der Waals surface area contributed by atoms with Crippen LogP contribution in [-0.2, 0) is 19.1 Å². The zero-order valence-corrected chi connectivity index (χ0v) is 17.7. The summed E-state index contributed by atoms with van der Waals surface area (Å²) >= 11 is 0. The third-order valence-electron chi connectivity index (χ3n) is 4.89. The first-order valence-electron chi connectivity index (χ1n) is 9.92. The van der Waals surface area contributed by atoms with Gasteiger partial charge in [0.1, 0.15) is 11.4 Å². The highest BCUT2D eigenvalue weighted by Gasteiger charge is 2.43. The fourth-order valence-electron chi connectivity index (χ4n) is 3.54. The van der Waals surface area contributed by atoms with Gasteiger partial charge in [-0.2, -0.15) is 0 Å². The molecule has 1 atom stereocenters. The van der Waals surface area contributed by atoms with Crippen LogP contribution >= 0.6 is 0 Å². The minimum atomic E-state index is -0.562. The molecule has 3 rings (SSSR count). The van der Waals surface area contributed by atoms with E-state index in [1.807, 2.05) is 25.7 Å². The Kier molecular flexibility index (Phi) is 6.12. The van der Waals surface area contributed by atoms with Gasteiger partial charge in [-0.25, -0.2) is 9.69 Å². The molecule has 0 saturated carbocycles. The molecule has 0 radical (unpaired) electrons. The molecule has 0 unspecified atom stereocenters. The van der Waals surface area contributed by atoms with Gasteiger partial charge in [0, 0.05) is 33.1 Å². The number of piperazine rings is 1. The number of hydrogen-bond donors (Lipinski definition) is 0.